The Bertz CT molecular complexity index is 699. The van der Waals surface area contributed by atoms with Crippen LogP contribution in [0.4, 0.5) is 4.39 Å². The molecule has 142 valence electrons. The van der Waals surface area contributed by atoms with E-state index in [1.807, 2.05) is 4.90 Å². The summed E-state index contributed by atoms with van der Waals surface area (Å²) in [5.41, 5.74) is 1.54. The maximum atomic E-state index is 14.2. The van der Waals surface area contributed by atoms with Crippen molar-refractivity contribution in [3.05, 3.63) is 41.2 Å². The van der Waals surface area contributed by atoms with E-state index in [1.54, 1.807) is 19.2 Å². The van der Waals surface area contributed by atoms with Gasteiger partial charge in [0.25, 0.3) is 0 Å². The van der Waals surface area contributed by atoms with Gasteiger partial charge in [-0.15, -0.1) is 0 Å². The normalized spacial score (nSPS) is 23.5. The molecule has 0 aliphatic carbocycles. The van der Waals surface area contributed by atoms with Crippen LogP contribution >= 0.6 is 0 Å². The zero-order chi connectivity index (χ0) is 18.7. The first-order chi connectivity index (χ1) is 12.4. The summed E-state index contributed by atoms with van der Waals surface area (Å²) in [6, 6.07) is 4.71. The number of hydrogen-bond acceptors (Lipinski definition) is 3. The van der Waals surface area contributed by atoms with E-state index in [2.05, 4.69) is 24.8 Å². The topological polar surface area (TPSA) is 32.8 Å². The van der Waals surface area contributed by atoms with E-state index in [4.69, 9.17) is 4.74 Å². The van der Waals surface area contributed by atoms with Crippen molar-refractivity contribution in [2.24, 2.45) is 5.41 Å². The highest BCUT2D eigenvalue weighted by molar-refractivity contribution is 5.84. The molecule has 0 N–H and O–H groups in total. The van der Waals surface area contributed by atoms with Gasteiger partial charge < -0.3 is 9.64 Å². The minimum absolute atomic E-state index is 0.186. The molecule has 5 heteroatoms. The highest BCUT2D eigenvalue weighted by Crippen LogP contribution is 2.40. The van der Waals surface area contributed by atoms with Crippen molar-refractivity contribution in [1.82, 2.24) is 9.80 Å². The standard InChI is InChI=1S/C21H29FN2O2/c1-16(2)7-11-23-12-9-21(15-23)8-4-10-24(20(21)25)14-17-13-18(26-3)5-6-19(17)22/h5-7,13H,4,8-12,14-15H2,1-3H3. The zero-order valence-electron chi connectivity index (χ0n) is 16.1. The molecular weight excluding hydrogens is 331 g/mol. The summed E-state index contributed by atoms with van der Waals surface area (Å²) in [6.45, 7) is 7.89. The van der Waals surface area contributed by atoms with Crippen LogP contribution in [0.5, 0.6) is 5.75 Å². The Hall–Kier alpha value is -1.88. The molecule has 26 heavy (non-hydrogen) atoms. The second-order valence-corrected chi connectivity index (χ2v) is 7.83. The third kappa shape index (κ3) is 3.93. The van der Waals surface area contributed by atoms with E-state index in [0.29, 0.717) is 24.4 Å². The Morgan fingerprint density at radius 2 is 2.12 bits per heavy atom. The quantitative estimate of drug-likeness (QED) is 0.752. The van der Waals surface area contributed by atoms with Gasteiger partial charge in [0.15, 0.2) is 0 Å². The molecule has 0 saturated carbocycles. The van der Waals surface area contributed by atoms with Crippen LogP contribution < -0.4 is 4.74 Å². The number of allylic oxidation sites excluding steroid dienone is 1. The van der Waals surface area contributed by atoms with E-state index >= 15 is 0 Å². The number of hydrogen-bond donors (Lipinski definition) is 0. The molecule has 2 fully saturated rings. The van der Waals surface area contributed by atoms with Gasteiger partial charge in [-0.25, -0.2) is 4.39 Å². The van der Waals surface area contributed by atoms with Crippen LogP contribution in [0.2, 0.25) is 0 Å². The van der Waals surface area contributed by atoms with Gasteiger partial charge in [0, 0.05) is 31.7 Å². The lowest BCUT2D eigenvalue weighted by atomic mass is 9.78. The third-order valence-electron chi connectivity index (χ3n) is 5.63. The molecule has 1 spiro atoms. The van der Waals surface area contributed by atoms with E-state index < -0.39 is 0 Å². The van der Waals surface area contributed by atoms with E-state index in [1.165, 1.54) is 11.6 Å². The molecule has 2 saturated heterocycles. The molecule has 0 radical (unpaired) electrons. The first-order valence-corrected chi connectivity index (χ1v) is 9.41. The largest absolute Gasteiger partial charge is 0.497 e. The van der Waals surface area contributed by atoms with Crippen LogP contribution in [0.1, 0.15) is 38.7 Å². The van der Waals surface area contributed by atoms with Crippen molar-refractivity contribution < 1.29 is 13.9 Å². The molecule has 0 aromatic heterocycles. The first-order valence-electron chi connectivity index (χ1n) is 9.41. The predicted molar refractivity (Wildman–Crippen MR) is 101 cm³/mol. The summed E-state index contributed by atoms with van der Waals surface area (Å²) in [5.74, 6) is 0.523. The molecule has 4 nitrogen and oxygen atoms in total. The Morgan fingerprint density at radius 1 is 1.31 bits per heavy atom. The number of ether oxygens (including phenoxy) is 1. The van der Waals surface area contributed by atoms with Gasteiger partial charge in [-0.05, 0) is 57.9 Å². The highest BCUT2D eigenvalue weighted by atomic mass is 19.1. The molecule has 2 aliphatic heterocycles. The van der Waals surface area contributed by atoms with Gasteiger partial charge in [0.1, 0.15) is 11.6 Å². The number of halogens is 1. The first kappa shape index (κ1) is 18.9. The minimum atomic E-state index is -0.289. The van der Waals surface area contributed by atoms with Crippen LogP contribution in [0.3, 0.4) is 0 Å². The van der Waals surface area contributed by atoms with Crippen LogP contribution in [0.15, 0.2) is 29.8 Å². The molecule has 2 aliphatic rings. The van der Waals surface area contributed by atoms with Crippen molar-refractivity contribution in [2.75, 3.05) is 33.3 Å². The second-order valence-electron chi connectivity index (χ2n) is 7.83. The molecular formula is C21H29FN2O2. The summed E-state index contributed by atoms with van der Waals surface area (Å²) >= 11 is 0. The molecule has 3 rings (SSSR count). The van der Waals surface area contributed by atoms with Crippen LogP contribution in [-0.4, -0.2) is 49.0 Å². The molecule has 1 aromatic rings. The molecule has 1 unspecified atom stereocenters. The van der Waals surface area contributed by atoms with Gasteiger partial charge in [-0.1, -0.05) is 11.6 Å². The van der Waals surface area contributed by atoms with Gasteiger partial charge in [-0.2, -0.15) is 0 Å². The van der Waals surface area contributed by atoms with E-state index in [9.17, 15) is 9.18 Å². The van der Waals surface area contributed by atoms with E-state index in [0.717, 1.165) is 38.9 Å². The molecule has 1 aromatic carbocycles. The van der Waals surface area contributed by atoms with Crippen molar-refractivity contribution in [3.8, 4) is 5.75 Å². The molecule has 0 bridgehead atoms. The number of likely N-dealkylation sites (tertiary alicyclic amines) is 2. The maximum Gasteiger partial charge on any atom is 0.230 e. The fourth-order valence-electron chi connectivity index (χ4n) is 4.11. The SMILES string of the molecule is COc1ccc(F)c(CN2CCCC3(CCN(CC=C(C)C)C3)C2=O)c1. The number of amides is 1. The Kier molecular flexibility index (Phi) is 5.66. The summed E-state index contributed by atoms with van der Waals surface area (Å²) in [4.78, 5) is 17.4. The number of piperidine rings is 1. The highest BCUT2D eigenvalue weighted by Gasteiger charge is 2.48. The number of rotatable bonds is 5. The molecule has 1 amide bonds. The summed E-state index contributed by atoms with van der Waals surface area (Å²) in [7, 11) is 1.57. The average molecular weight is 360 g/mol. The third-order valence-corrected chi connectivity index (χ3v) is 5.63. The predicted octanol–water partition coefficient (Wildman–Crippen LogP) is 3.62. The van der Waals surface area contributed by atoms with Gasteiger partial charge in [0.05, 0.1) is 12.5 Å². The van der Waals surface area contributed by atoms with Crippen molar-refractivity contribution in [2.45, 2.75) is 39.7 Å². The number of carbonyl (C=O) groups is 1. The van der Waals surface area contributed by atoms with Gasteiger partial charge in [0.2, 0.25) is 5.91 Å². The minimum Gasteiger partial charge on any atom is -0.497 e. The number of carbonyl (C=O) groups excluding carboxylic acids is 1. The van der Waals surface area contributed by atoms with Crippen molar-refractivity contribution >= 4 is 5.91 Å². The second kappa shape index (κ2) is 7.78. The van der Waals surface area contributed by atoms with Crippen LogP contribution in [-0.2, 0) is 11.3 Å². The number of nitrogens with zero attached hydrogens (tertiary/aromatic N) is 2. The lowest BCUT2D eigenvalue weighted by Crippen LogP contribution is -2.49. The smallest absolute Gasteiger partial charge is 0.230 e. The Balaban J connectivity index is 1.71. The van der Waals surface area contributed by atoms with Crippen molar-refractivity contribution in [3.63, 3.8) is 0 Å². The number of benzene rings is 1. The van der Waals surface area contributed by atoms with E-state index in [-0.39, 0.29) is 17.1 Å². The van der Waals surface area contributed by atoms with Gasteiger partial charge in [-0.3, -0.25) is 9.69 Å². The molecule has 2 heterocycles. The monoisotopic (exact) mass is 360 g/mol. The fourth-order valence-corrected chi connectivity index (χ4v) is 4.11. The maximum absolute atomic E-state index is 14.2. The average Bonchev–Trinajstić information content (AvgIpc) is 3.03. The Labute approximate surface area is 155 Å². The molecule has 1 atom stereocenters. The summed E-state index contributed by atoms with van der Waals surface area (Å²) < 4.78 is 19.4. The number of methoxy groups -OCH3 is 1. The van der Waals surface area contributed by atoms with Gasteiger partial charge >= 0.3 is 0 Å². The van der Waals surface area contributed by atoms with Crippen molar-refractivity contribution in [1.29, 1.82) is 0 Å². The van der Waals surface area contributed by atoms with Crippen LogP contribution in [0, 0.1) is 11.2 Å². The summed E-state index contributed by atoms with van der Waals surface area (Å²) in [6.07, 6.45) is 5.04. The fraction of sp³-hybridized carbons (Fsp3) is 0.571. The zero-order valence-corrected chi connectivity index (χ0v) is 16.1. The lowest BCUT2D eigenvalue weighted by molar-refractivity contribution is -0.146. The summed E-state index contributed by atoms with van der Waals surface area (Å²) in [5, 5.41) is 0. The lowest BCUT2D eigenvalue weighted by Gasteiger charge is -2.39. The van der Waals surface area contributed by atoms with Crippen LogP contribution in [0.25, 0.3) is 0 Å². The Morgan fingerprint density at radius 3 is 2.85 bits per heavy atom.